The van der Waals surface area contributed by atoms with Crippen molar-refractivity contribution >= 4 is 37.4 Å². The average Bonchev–Trinajstić information content (AvgIpc) is 2.79. The Morgan fingerprint density at radius 1 is 1.03 bits per heavy atom. The van der Waals surface area contributed by atoms with Crippen molar-refractivity contribution in [1.29, 1.82) is 5.26 Å². The number of unbranched alkanes of at least 4 members (excludes halogenated alkanes) is 3. The van der Waals surface area contributed by atoms with Gasteiger partial charge in [-0.25, -0.2) is 9.97 Å². The quantitative estimate of drug-likeness (QED) is 0.274. The SMILES string of the molecule is COc1ccc(N(C)c2nc(C)nc3ccccc23)cc1OCCCCCC[Se]C#N. The summed E-state index contributed by atoms with van der Waals surface area (Å²) in [6.45, 7) is 2.55. The van der Waals surface area contributed by atoms with Gasteiger partial charge in [0.25, 0.3) is 0 Å². The number of benzene rings is 2. The number of anilines is 2. The van der Waals surface area contributed by atoms with Crippen molar-refractivity contribution < 1.29 is 9.47 Å². The van der Waals surface area contributed by atoms with Crippen LogP contribution >= 0.6 is 0 Å². The van der Waals surface area contributed by atoms with E-state index in [0.717, 1.165) is 70.7 Å². The number of hydrogen-bond donors (Lipinski definition) is 0. The van der Waals surface area contributed by atoms with E-state index < -0.39 is 0 Å². The fraction of sp³-hybridized carbons (Fsp3) is 0.375. The van der Waals surface area contributed by atoms with E-state index in [9.17, 15) is 0 Å². The number of ether oxygens (including phenoxy) is 2. The first-order valence-electron chi connectivity index (χ1n) is 10.4. The number of para-hydroxylation sites is 1. The summed E-state index contributed by atoms with van der Waals surface area (Å²) in [4.78, 5) is 13.5. The summed E-state index contributed by atoms with van der Waals surface area (Å²) in [6.07, 6.45) is 4.37. The molecule has 0 saturated carbocycles. The fourth-order valence-electron chi connectivity index (χ4n) is 3.40. The molecule has 0 atom stereocenters. The Morgan fingerprint density at radius 3 is 2.65 bits per heavy atom. The zero-order valence-electron chi connectivity index (χ0n) is 18.3. The van der Waals surface area contributed by atoms with E-state index in [1.807, 2.05) is 56.4 Å². The van der Waals surface area contributed by atoms with Crippen LogP contribution in [0.1, 0.15) is 31.5 Å². The summed E-state index contributed by atoms with van der Waals surface area (Å²) >= 11 is 0.143. The topological polar surface area (TPSA) is 71.3 Å². The van der Waals surface area contributed by atoms with Gasteiger partial charge in [0.15, 0.2) is 0 Å². The fourth-order valence-corrected chi connectivity index (χ4v) is 4.32. The van der Waals surface area contributed by atoms with E-state index in [4.69, 9.17) is 19.7 Å². The minimum absolute atomic E-state index is 0.143. The van der Waals surface area contributed by atoms with E-state index in [2.05, 4.69) is 14.9 Å². The summed E-state index contributed by atoms with van der Waals surface area (Å²) in [5.41, 5.74) is 1.90. The molecule has 1 aromatic heterocycles. The van der Waals surface area contributed by atoms with Crippen molar-refractivity contribution in [2.24, 2.45) is 0 Å². The molecule has 0 fully saturated rings. The number of rotatable bonds is 11. The van der Waals surface area contributed by atoms with Gasteiger partial charge in [0, 0.05) is 5.39 Å². The van der Waals surface area contributed by atoms with Crippen LogP contribution in [0.3, 0.4) is 0 Å². The molecule has 0 aliphatic rings. The van der Waals surface area contributed by atoms with Crippen LogP contribution in [0, 0.1) is 17.2 Å². The number of aryl methyl sites for hydroxylation is 1. The van der Waals surface area contributed by atoms with Gasteiger partial charge in [-0.1, -0.05) is 12.1 Å². The number of aromatic nitrogens is 2. The summed E-state index contributed by atoms with van der Waals surface area (Å²) in [6, 6.07) is 14.0. The zero-order valence-corrected chi connectivity index (χ0v) is 20.0. The summed E-state index contributed by atoms with van der Waals surface area (Å²) in [5, 5.41) is 10.7. The molecule has 1 heterocycles. The molecule has 3 rings (SSSR count). The van der Waals surface area contributed by atoms with E-state index in [1.54, 1.807) is 7.11 Å². The first-order chi connectivity index (χ1) is 15.1. The van der Waals surface area contributed by atoms with Crippen molar-refractivity contribution in [2.45, 2.75) is 37.9 Å². The van der Waals surface area contributed by atoms with Crippen LogP contribution in [0.5, 0.6) is 11.5 Å². The van der Waals surface area contributed by atoms with Gasteiger partial charge in [-0.15, -0.1) is 0 Å². The van der Waals surface area contributed by atoms with Crippen LogP contribution in [0.2, 0.25) is 5.32 Å². The van der Waals surface area contributed by atoms with E-state index in [-0.39, 0.29) is 15.0 Å². The third-order valence-electron chi connectivity index (χ3n) is 5.01. The molecule has 0 N–H and O–H groups in total. The number of methoxy groups -OCH3 is 1. The molecular weight excluding hydrogens is 455 g/mol. The Bertz CT molecular complexity index is 1050. The Kier molecular flexibility index (Phi) is 8.52. The molecule has 0 aliphatic carbocycles. The molecule has 0 amide bonds. The number of nitrogens with zero attached hydrogens (tertiary/aromatic N) is 4. The maximum absolute atomic E-state index is 8.62. The number of nitriles is 1. The second-order valence-corrected chi connectivity index (χ2v) is 9.05. The van der Waals surface area contributed by atoms with Crippen LogP contribution in [-0.4, -0.2) is 45.7 Å². The molecular formula is C24H28N4O2Se. The van der Waals surface area contributed by atoms with Crippen LogP contribution in [0.25, 0.3) is 10.9 Å². The monoisotopic (exact) mass is 484 g/mol. The van der Waals surface area contributed by atoms with Gasteiger partial charge in [0.05, 0.1) is 5.52 Å². The van der Waals surface area contributed by atoms with Crippen LogP contribution < -0.4 is 14.4 Å². The normalized spacial score (nSPS) is 10.6. The molecule has 0 bridgehead atoms. The van der Waals surface area contributed by atoms with Gasteiger partial charge in [0.2, 0.25) is 0 Å². The first-order valence-corrected chi connectivity index (χ1v) is 12.5. The molecule has 7 heteroatoms. The Hall–Kier alpha value is -2.81. The van der Waals surface area contributed by atoms with Gasteiger partial charge in [-0.05, 0) is 19.1 Å². The first kappa shape index (κ1) is 22.9. The second-order valence-electron chi connectivity index (χ2n) is 7.21. The number of fused-ring (bicyclic) bond motifs is 1. The molecule has 3 aromatic rings. The molecule has 0 spiro atoms. The minimum atomic E-state index is 0.143. The predicted octanol–water partition coefficient (Wildman–Crippen LogP) is 5.26. The van der Waals surface area contributed by atoms with Crippen molar-refractivity contribution in [3.63, 3.8) is 0 Å². The van der Waals surface area contributed by atoms with Crippen LogP contribution in [0.15, 0.2) is 42.5 Å². The predicted molar refractivity (Wildman–Crippen MR) is 125 cm³/mol. The van der Waals surface area contributed by atoms with Gasteiger partial charge >= 0.3 is 133 Å². The molecule has 0 saturated heterocycles. The van der Waals surface area contributed by atoms with Crippen LogP contribution in [0.4, 0.5) is 11.5 Å². The van der Waals surface area contributed by atoms with Crippen molar-refractivity contribution in [1.82, 2.24) is 9.97 Å². The van der Waals surface area contributed by atoms with Gasteiger partial charge in [-0.2, -0.15) is 0 Å². The molecule has 0 unspecified atom stereocenters. The van der Waals surface area contributed by atoms with Crippen molar-refractivity contribution in [2.75, 3.05) is 25.7 Å². The zero-order chi connectivity index (χ0) is 22.1. The number of hydrogen-bond acceptors (Lipinski definition) is 6. The van der Waals surface area contributed by atoms with Gasteiger partial charge < -0.3 is 0 Å². The molecule has 0 aliphatic heterocycles. The Morgan fingerprint density at radius 2 is 1.84 bits per heavy atom. The molecule has 31 heavy (non-hydrogen) atoms. The molecule has 162 valence electrons. The van der Waals surface area contributed by atoms with Crippen molar-refractivity contribution in [3.05, 3.63) is 48.3 Å². The van der Waals surface area contributed by atoms with E-state index in [1.165, 1.54) is 0 Å². The Balaban J connectivity index is 1.71. The third kappa shape index (κ3) is 6.10. The third-order valence-corrected chi connectivity index (χ3v) is 6.31. The standard InChI is InChI=1S/C24H28N4O2Se/c1-18-26-21-11-7-6-10-20(21)24(27-18)28(2)19-12-13-22(29-3)23(16-19)30-14-8-4-5-9-15-31-17-25/h6-7,10-13,16H,4-5,8-9,14-15H2,1-3H3. The molecule has 0 radical (unpaired) electrons. The summed E-state index contributed by atoms with van der Waals surface area (Å²) < 4.78 is 11.6. The summed E-state index contributed by atoms with van der Waals surface area (Å²) in [7, 11) is 3.66. The van der Waals surface area contributed by atoms with Crippen molar-refractivity contribution in [3.8, 4) is 16.5 Å². The van der Waals surface area contributed by atoms with Gasteiger partial charge in [0.1, 0.15) is 5.82 Å². The average molecular weight is 483 g/mol. The summed E-state index contributed by atoms with van der Waals surface area (Å²) in [5.74, 6) is 3.05. The molecule has 6 nitrogen and oxygen atoms in total. The maximum atomic E-state index is 8.62. The van der Waals surface area contributed by atoms with Gasteiger partial charge in [-0.3, -0.25) is 0 Å². The molecule has 2 aromatic carbocycles. The van der Waals surface area contributed by atoms with E-state index >= 15 is 0 Å². The van der Waals surface area contributed by atoms with E-state index in [0.29, 0.717) is 6.61 Å². The second kappa shape index (κ2) is 11.5. The Labute approximate surface area is 190 Å². The van der Waals surface area contributed by atoms with Crippen LogP contribution in [-0.2, 0) is 0 Å².